The molecule has 104 valence electrons. The number of amides is 1. The second kappa shape index (κ2) is 6.74. The molecule has 0 saturated heterocycles. The number of hydrogen-bond acceptors (Lipinski definition) is 1. The Morgan fingerprint density at radius 2 is 1.95 bits per heavy atom. The monoisotopic (exact) mass is 259 g/mol. The molecule has 1 aliphatic rings. The molecule has 1 N–H and O–H groups in total. The van der Waals surface area contributed by atoms with Crippen molar-refractivity contribution in [3.63, 3.8) is 0 Å². The molecule has 0 spiro atoms. The van der Waals surface area contributed by atoms with Gasteiger partial charge in [0.25, 0.3) is 0 Å². The van der Waals surface area contributed by atoms with E-state index in [0.717, 1.165) is 23.6 Å². The summed E-state index contributed by atoms with van der Waals surface area (Å²) in [7, 11) is 0. The number of anilines is 1. The van der Waals surface area contributed by atoms with E-state index in [4.69, 9.17) is 0 Å². The van der Waals surface area contributed by atoms with Crippen molar-refractivity contribution in [2.75, 3.05) is 5.32 Å². The molecular weight excluding hydrogens is 234 g/mol. The Hall–Kier alpha value is -1.31. The third kappa shape index (κ3) is 4.38. The Balaban J connectivity index is 1.81. The van der Waals surface area contributed by atoms with Crippen LogP contribution in [0.15, 0.2) is 18.2 Å². The fourth-order valence-corrected chi connectivity index (χ4v) is 2.89. The fourth-order valence-electron chi connectivity index (χ4n) is 2.89. The van der Waals surface area contributed by atoms with E-state index >= 15 is 0 Å². The number of carbonyl (C=O) groups is 1. The van der Waals surface area contributed by atoms with E-state index in [1.165, 1.54) is 37.7 Å². The molecule has 1 fully saturated rings. The van der Waals surface area contributed by atoms with E-state index in [1.807, 2.05) is 13.0 Å². The predicted octanol–water partition coefficient (Wildman–Crippen LogP) is 4.60. The molecule has 0 heterocycles. The van der Waals surface area contributed by atoms with E-state index in [2.05, 4.69) is 24.4 Å². The van der Waals surface area contributed by atoms with Crippen LogP contribution in [0, 0.1) is 19.8 Å². The van der Waals surface area contributed by atoms with Crippen LogP contribution < -0.4 is 5.32 Å². The molecule has 19 heavy (non-hydrogen) atoms. The van der Waals surface area contributed by atoms with E-state index in [0.29, 0.717) is 6.42 Å². The Morgan fingerprint density at radius 1 is 1.21 bits per heavy atom. The Kier molecular flexibility index (Phi) is 5.00. The summed E-state index contributed by atoms with van der Waals surface area (Å²) in [6.45, 7) is 4.09. The van der Waals surface area contributed by atoms with E-state index < -0.39 is 0 Å². The highest BCUT2D eigenvalue weighted by molar-refractivity contribution is 5.91. The molecule has 1 amide bonds. The van der Waals surface area contributed by atoms with Gasteiger partial charge in [-0.05, 0) is 43.4 Å². The van der Waals surface area contributed by atoms with Crippen LogP contribution >= 0.6 is 0 Å². The standard InChI is InChI=1S/C17H25NO/c1-13-8-9-14(2)16(12-13)18-17(19)11-10-15-6-4-3-5-7-15/h8-9,12,15H,3-7,10-11H2,1-2H3,(H,18,19). The van der Waals surface area contributed by atoms with Crippen LogP contribution in [0.25, 0.3) is 0 Å². The average Bonchev–Trinajstić information content (AvgIpc) is 2.42. The van der Waals surface area contributed by atoms with Crippen LogP contribution in [0.1, 0.15) is 56.1 Å². The van der Waals surface area contributed by atoms with Crippen molar-refractivity contribution in [2.24, 2.45) is 5.92 Å². The molecule has 0 unspecified atom stereocenters. The van der Waals surface area contributed by atoms with Crippen LogP contribution in [0.2, 0.25) is 0 Å². The number of hydrogen-bond donors (Lipinski definition) is 1. The molecule has 2 rings (SSSR count). The molecule has 2 heteroatoms. The highest BCUT2D eigenvalue weighted by Gasteiger charge is 2.15. The maximum Gasteiger partial charge on any atom is 0.224 e. The third-order valence-corrected chi connectivity index (χ3v) is 4.17. The summed E-state index contributed by atoms with van der Waals surface area (Å²) < 4.78 is 0. The maximum atomic E-state index is 12.0. The van der Waals surface area contributed by atoms with Gasteiger partial charge in [0, 0.05) is 12.1 Å². The maximum absolute atomic E-state index is 12.0. The molecule has 1 aromatic carbocycles. The Labute approximate surface area is 116 Å². The lowest BCUT2D eigenvalue weighted by Crippen LogP contribution is -2.15. The summed E-state index contributed by atoms with van der Waals surface area (Å²) in [5.74, 6) is 0.942. The first-order chi connectivity index (χ1) is 9.15. The lowest BCUT2D eigenvalue weighted by atomic mass is 9.86. The van der Waals surface area contributed by atoms with Gasteiger partial charge in [0.05, 0.1) is 0 Å². The molecule has 0 bridgehead atoms. The largest absolute Gasteiger partial charge is 0.326 e. The summed E-state index contributed by atoms with van der Waals surface area (Å²) in [5.41, 5.74) is 3.29. The minimum atomic E-state index is 0.166. The molecule has 1 aromatic rings. The van der Waals surface area contributed by atoms with Gasteiger partial charge in [-0.25, -0.2) is 0 Å². The van der Waals surface area contributed by atoms with Crippen molar-refractivity contribution in [2.45, 2.75) is 58.8 Å². The van der Waals surface area contributed by atoms with E-state index in [9.17, 15) is 4.79 Å². The summed E-state index contributed by atoms with van der Waals surface area (Å²) >= 11 is 0. The van der Waals surface area contributed by atoms with Gasteiger partial charge in [-0.2, -0.15) is 0 Å². The third-order valence-electron chi connectivity index (χ3n) is 4.17. The van der Waals surface area contributed by atoms with Gasteiger partial charge < -0.3 is 5.32 Å². The molecule has 0 atom stereocenters. The second-order valence-electron chi connectivity index (χ2n) is 5.91. The minimum Gasteiger partial charge on any atom is -0.326 e. The molecule has 0 radical (unpaired) electrons. The number of benzene rings is 1. The fraction of sp³-hybridized carbons (Fsp3) is 0.588. The van der Waals surface area contributed by atoms with Gasteiger partial charge in [-0.15, -0.1) is 0 Å². The molecule has 0 aromatic heterocycles. The molecular formula is C17H25NO. The van der Waals surface area contributed by atoms with E-state index in [1.54, 1.807) is 0 Å². The van der Waals surface area contributed by atoms with Crippen molar-refractivity contribution in [1.82, 2.24) is 0 Å². The number of nitrogens with one attached hydrogen (secondary N) is 1. The number of carbonyl (C=O) groups excluding carboxylic acids is 1. The van der Waals surface area contributed by atoms with Crippen LogP contribution in [0.3, 0.4) is 0 Å². The Bertz CT molecular complexity index is 433. The van der Waals surface area contributed by atoms with Crippen molar-refractivity contribution in [1.29, 1.82) is 0 Å². The Morgan fingerprint density at radius 3 is 2.68 bits per heavy atom. The van der Waals surface area contributed by atoms with Crippen molar-refractivity contribution in [3.8, 4) is 0 Å². The number of rotatable bonds is 4. The van der Waals surface area contributed by atoms with Crippen molar-refractivity contribution < 1.29 is 4.79 Å². The van der Waals surface area contributed by atoms with Gasteiger partial charge in [-0.3, -0.25) is 4.79 Å². The topological polar surface area (TPSA) is 29.1 Å². The summed E-state index contributed by atoms with van der Waals surface area (Å²) in [4.78, 5) is 12.0. The summed E-state index contributed by atoms with van der Waals surface area (Å²) in [6.07, 6.45) is 8.43. The number of aryl methyl sites for hydroxylation is 2. The second-order valence-corrected chi connectivity index (χ2v) is 5.91. The molecule has 1 aliphatic carbocycles. The zero-order valence-corrected chi connectivity index (χ0v) is 12.2. The van der Waals surface area contributed by atoms with Gasteiger partial charge in [-0.1, -0.05) is 44.2 Å². The van der Waals surface area contributed by atoms with Crippen LogP contribution in [-0.2, 0) is 4.79 Å². The van der Waals surface area contributed by atoms with Gasteiger partial charge >= 0.3 is 0 Å². The van der Waals surface area contributed by atoms with Crippen molar-refractivity contribution in [3.05, 3.63) is 29.3 Å². The zero-order valence-electron chi connectivity index (χ0n) is 12.2. The average molecular weight is 259 g/mol. The van der Waals surface area contributed by atoms with Crippen LogP contribution in [-0.4, -0.2) is 5.91 Å². The quantitative estimate of drug-likeness (QED) is 0.841. The van der Waals surface area contributed by atoms with Gasteiger partial charge in [0.1, 0.15) is 0 Å². The highest BCUT2D eigenvalue weighted by Crippen LogP contribution is 2.27. The zero-order chi connectivity index (χ0) is 13.7. The van der Waals surface area contributed by atoms with E-state index in [-0.39, 0.29) is 5.91 Å². The first-order valence-corrected chi connectivity index (χ1v) is 7.52. The minimum absolute atomic E-state index is 0.166. The SMILES string of the molecule is Cc1ccc(C)c(NC(=O)CCC2CCCCC2)c1. The van der Waals surface area contributed by atoms with Crippen molar-refractivity contribution >= 4 is 11.6 Å². The molecule has 1 saturated carbocycles. The summed E-state index contributed by atoms with van der Waals surface area (Å²) in [5, 5.41) is 3.05. The summed E-state index contributed by atoms with van der Waals surface area (Å²) in [6, 6.07) is 6.19. The lowest BCUT2D eigenvalue weighted by Gasteiger charge is -2.21. The molecule has 0 aliphatic heterocycles. The van der Waals surface area contributed by atoms with Crippen LogP contribution in [0.4, 0.5) is 5.69 Å². The van der Waals surface area contributed by atoms with Crippen LogP contribution in [0.5, 0.6) is 0 Å². The normalized spacial score (nSPS) is 16.3. The lowest BCUT2D eigenvalue weighted by molar-refractivity contribution is -0.116. The first kappa shape index (κ1) is 14.1. The highest BCUT2D eigenvalue weighted by atomic mass is 16.1. The smallest absolute Gasteiger partial charge is 0.224 e. The first-order valence-electron chi connectivity index (χ1n) is 7.52. The molecule has 2 nitrogen and oxygen atoms in total. The predicted molar refractivity (Wildman–Crippen MR) is 80.4 cm³/mol. The van der Waals surface area contributed by atoms with Gasteiger partial charge in [0.2, 0.25) is 5.91 Å². The van der Waals surface area contributed by atoms with Gasteiger partial charge in [0.15, 0.2) is 0 Å².